The zero-order chi connectivity index (χ0) is 64.3. The van der Waals surface area contributed by atoms with E-state index in [0.29, 0.717) is 80.6 Å². The molecule has 1 unspecified atom stereocenters. The number of carbonyl (C=O) groups is 5. The van der Waals surface area contributed by atoms with Crippen LogP contribution in [0.3, 0.4) is 0 Å². The van der Waals surface area contributed by atoms with Crippen LogP contribution in [-0.4, -0.2) is 150 Å². The predicted octanol–water partition coefficient (Wildman–Crippen LogP) is 9.92. The van der Waals surface area contributed by atoms with E-state index in [1.165, 1.54) is 39.9 Å². The number of sulfonamides is 1. The summed E-state index contributed by atoms with van der Waals surface area (Å²) in [6.45, 7) is 12.2. The molecule has 0 saturated carbocycles. The van der Waals surface area contributed by atoms with Gasteiger partial charge in [-0.1, -0.05) is 61.1 Å². The molecule has 0 radical (unpaired) electrons. The summed E-state index contributed by atoms with van der Waals surface area (Å²) in [5.41, 5.74) is 7.37. The van der Waals surface area contributed by atoms with Gasteiger partial charge in [0.15, 0.2) is 0 Å². The van der Waals surface area contributed by atoms with Crippen molar-refractivity contribution in [1.29, 1.82) is 0 Å². The number of nitrogens with zero attached hydrogens (tertiary/aromatic N) is 7. The Labute approximate surface area is 540 Å². The Morgan fingerprint density at radius 3 is 2.43 bits per heavy atom. The maximum absolute atomic E-state index is 14.2. The fourth-order valence-corrected chi connectivity index (χ4v) is 14.9. The summed E-state index contributed by atoms with van der Waals surface area (Å²) in [7, 11) is -4.64. The number of amides is 5. The van der Waals surface area contributed by atoms with E-state index < -0.39 is 43.4 Å². The molecule has 5 aliphatic heterocycles. The Bertz CT molecular complexity index is 4060. The summed E-state index contributed by atoms with van der Waals surface area (Å²) >= 11 is 6.28. The number of carbonyl (C=O) groups excluding carboxylic acids is 5. The van der Waals surface area contributed by atoms with Crippen molar-refractivity contribution < 1.29 is 42.1 Å². The van der Waals surface area contributed by atoms with Crippen molar-refractivity contribution in [2.45, 2.75) is 114 Å². The quantitative estimate of drug-likeness (QED) is 0.0205. The van der Waals surface area contributed by atoms with Gasteiger partial charge in [0.05, 0.1) is 21.6 Å². The van der Waals surface area contributed by atoms with Crippen molar-refractivity contribution in [3.05, 3.63) is 152 Å². The van der Waals surface area contributed by atoms with E-state index in [1.54, 1.807) is 42.6 Å². The molecule has 4 saturated heterocycles. The first-order valence-electron chi connectivity index (χ1n) is 31.9. The molecule has 6 aliphatic rings. The van der Waals surface area contributed by atoms with Crippen LogP contribution in [-0.2, 0) is 31.0 Å². The molecule has 4 N–H and O–H groups in total. The van der Waals surface area contributed by atoms with Crippen LogP contribution in [0.2, 0.25) is 5.02 Å². The van der Waals surface area contributed by atoms with Gasteiger partial charge in [-0.15, -0.1) is 0 Å². The number of piperazine rings is 1. The summed E-state index contributed by atoms with van der Waals surface area (Å²) in [4.78, 5) is 94.5. The van der Waals surface area contributed by atoms with Crippen LogP contribution < -0.4 is 25.0 Å². The molecule has 0 spiro atoms. The molecule has 21 nitrogen and oxygen atoms in total. The summed E-state index contributed by atoms with van der Waals surface area (Å²) < 4.78 is 36.6. The molecule has 4 fully saturated rings. The minimum absolute atomic E-state index is 0.0590. The van der Waals surface area contributed by atoms with Gasteiger partial charge in [0, 0.05) is 130 Å². The number of anilines is 2. The normalized spacial score (nSPS) is 19.4. The first-order valence-corrected chi connectivity index (χ1v) is 33.7. The molecule has 6 aromatic rings. The number of piperidine rings is 3. The smallest absolute Gasteiger partial charge is 0.293 e. The van der Waals surface area contributed by atoms with E-state index in [0.717, 1.165) is 105 Å². The fraction of sp³-hybridized carbons (Fsp3) is 0.420. The van der Waals surface area contributed by atoms with E-state index in [9.17, 15) is 42.5 Å². The predicted molar refractivity (Wildman–Crippen MR) is 351 cm³/mol. The van der Waals surface area contributed by atoms with Gasteiger partial charge in [-0.05, 0) is 160 Å². The monoisotopic (exact) mass is 1290 g/mol. The lowest BCUT2D eigenvalue weighted by molar-refractivity contribution is -0.384. The van der Waals surface area contributed by atoms with Crippen LogP contribution in [0.4, 0.5) is 17.1 Å². The number of benzene rings is 4. The molecule has 1 atom stereocenters. The van der Waals surface area contributed by atoms with Gasteiger partial charge in [-0.3, -0.25) is 44.3 Å². The van der Waals surface area contributed by atoms with Crippen molar-refractivity contribution in [2.24, 2.45) is 11.3 Å². The number of nitro groups is 1. The topological polar surface area (TPSA) is 253 Å². The van der Waals surface area contributed by atoms with Crippen LogP contribution in [0.25, 0.3) is 16.6 Å². The second-order valence-corrected chi connectivity index (χ2v) is 27.9. The number of imide groups is 1. The number of nitro benzene ring substituents is 1. The number of halogens is 1. The Morgan fingerprint density at radius 1 is 0.891 bits per heavy atom. The molecule has 92 heavy (non-hydrogen) atoms. The van der Waals surface area contributed by atoms with Gasteiger partial charge in [-0.25, -0.2) is 18.1 Å². The van der Waals surface area contributed by atoms with Gasteiger partial charge in [0.1, 0.15) is 28.9 Å². The number of H-pyrrole nitrogens is 1. The summed E-state index contributed by atoms with van der Waals surface area (Å²) in [6, 6.07) is 25.4. The molecule has 7 heterocycles. The number of hydrogen-bond acceptors (Lipinski definition) is 15. The molecule has 5 amide bonds. The lowest BCUT2D eigenvalue weighted by Crippen LogP contribution is -2.52. The van der Waals surface area contributed by atoms with Crippen molar-refractivity contribution in [3.8, 4) is 23.3 Å². The highest BCUT2D eigenvalue weighted by atomic mass is 35.5. The van der Waals surface area contributed by atoms with Crippen molar-refractivity contribution >= 4 is 84.8 Å². The summed E-state index contributed by atoms with van der Waals surface area (Å²) in [5, 5.41) is 19.6. The molecule has 480 valence electrons. The van der Waals surface area contributed by atoms with Crippen molar-refractivity contribution in [3.63, 3.8) is 0 Å². The number of fused-ring (bicyclic) bond motifs is 2. The van der Waals surface area contributed by atoms with Crippen LogP contribution in [0, 0.1) is 33.3 Å². The Morgan fingerprint density at radius 2 is 1.67 bits per heavy atom. The second-order valence-electron chi connectivity index (χ2n) is 25.8. The van der Waals surface area contributed by atoms with E-state index >= 15 is 0 Å². The molecule has 1 aliphatic carbocycles. The summed E-state index contributed by atoms with van der Waals surface area (Å²) in [5.74, 6) is 5.10. The molecular weight excluding hydrogens is 1210 g/mol. The lowest BCUT2D eigenvalue weighted by Gasteiger charge is -2.42. The maximum atomic E-state index is 14.2. The number of hydrogen-bond donors (Lipinski definition) is 4. The number of rotatable bonds is 18. The average Bonchev–Trinajstić information content (AvgIpc) is 1.69. The number of pyridine rings is 1. The highest BCUT2D eigenvalue weighted by Crippen LogP contribution is 2.44. The largest absolute Gasteiger partial charge is 0.455 e. The number of aromatic amines is 1. The SMILES string of the molecule is CC1(C)CCC(CN2CCN(c3ccc(C(=O)NS(=O)(=O)c4ccc(NCC5CCN(C6CCN(C(=O)CCCC#Cc7cccc8c7CN(C7CCC(=O)NC7=O)C8=O)CC6)CC5)c([N+](=O)[O-])c4)c(Oc4cnc5[nH]ccc5c4)c3)CC2)=C(c2ccc(Cl)cc2)C1. The van der Waals surface area contributed by atoms with Gasteiger partial charge in [0.2, 0.25) is 17.7 Å². The molecular formula is C69H76ClN11O10S. The molecule has 0 bridgehead atoms. The third-order valence-electron chi connectivity index (χ3n) is 19.1. The Hall–Kier alpha value is -8.62. The highest BCUT2D eigenvalue weighted by Gasteiger charge is 2.40. The van der Waals surface area contributed by atoms with Crippen LogP contribution in [0.15, 0.2) is 114 Å². The molecule has 23 heteroatoms. The van der Waals surface area contributed by atoms with Gasteiger partial charge < -0.3 is 34.6 Å². The third kappa shape index (κ3) is 14.5. The minimum Gasteiger partial charge on any atom is -0.455 e. The first-order chi connectivity index (χ1) is 44.3. The fourth-order valence-electron chi connectivity index (χ4n) is 13.8. The Balaban J connectivity index is 0.616. The third-order valence-corrected chi connectivity index (χ3v) is 20.7. The molecule has 4 aromatic carbocycles. The number of allylic oxidation sites excluding steroid dienone is 1. The maximum Gasteiger partial charge on any atom is 0.293 e. The minimum atomic E-state index is -4.64. The number of ether oxygens (including phenoxy) is 1. The first kappa shape index (κ1) is 63.5. The number of likely N-dealkylation sites (tertiary alicyclic amines) is 2. The lowest BCUT2D eigenvalue weighted by atomic mass is 9.72. The van der Waals surface area contributed by atoms with Crippen molar-refractivity contribution in [2.75, 3.05) is 75.7 Å². The van der Waals surface area contributed by atoms with Crippen LogP contribution in [0.1, 0.15) is 128 Å². The van der Waals surface area contributed by atoms with Crippen molar-refractivity contribution in [1.82, 2.24) is 39.6 Å². The standard InChI is InChI=1S/C69H76ClN11O10S/c1-69(2)27-21-49(57(40-69)47-11-13-50(70)14-12-47)43-76-33-35-78(36-34-76)52-15-17-56(62(38-52)91-53-37-48-22-28-71-65(48)73-42-53)66(84)75-92(89,90)54-16-18-59(61(39-54)81(87)88)72-41-45-23-29-77(30-24-45)51-25-31-79(32-26-51)64(83)10-5-3-4-7-46-8-6-9-55-58(46)44-80(68(55)86)60-19-20-63(82)74-67(60)85/h6,8-9,11-18,22,28,37-39,42,45,51,60,72H,3,5,10,19-21,23-27,29-36,40-41,43-44H2,1-2H3,(H,71,73)(H,75,84)(H,74,82,85). The van der Waals surface area contributed by atoms with E-state index in [4.69, 9.17) is 16.3 Å². The van der Waals surface area contributed by atoms with E-state index in [-0.39, 0.29) is 65.4 Å². The van der Waals surface area contributed by atoms with Gasteiger partial charge >= 0.3 is 0 Å². The number of unbranched alkanes of at least 4 members (excludes halogenated alkanes) is 1. The number of nitrogens with one attached hydrogen (secondary N) is 4. The van der Waals surface area contributed by atoms with Gasteiger partial charge in [-0.2, -0.15) is 0 Å². The number of aromatic nitrogens is 2. The zero-order valence-electron chi connectivity index (χ0n) is 51.8. The van der Waals surface area contributed by atoms with E-state index in [1.807, 2.05) is 29.2 Å². The molecule has 12 rings (SSSR count). The van der Waals surface area contributed by atoms with E-state index in [2.05, 4.69) is 77.8 Å². The molecule has 2 aromatic heterocycles. The zero-order valence-corrected chi connectivity index (χ0v) is 53.4. The highest BCUT2D eigenvalue weighted by molar-refractivity contribution is 7.90. The van der Waals surface area contributed by atoms with Gasteiger partial charge in [0.25, 0.3) is 27.5 Å². The summed E-state index contributed by atoms with van der Waals surface area (Å²) in [6.07, 6.45) is 11.8. The van der Waals surface area contributed by atoms with Crippen LogP contribution >= 0.6 is 11.6 Å². The second kappa shape index (κ2) is 27.3. The average molecular weight is 1290 g/mol. The Kier molecular flexibility index (Phi) is 18.8. The van der Waals surface area contributed by atoms with Crippen LogP contribution in [0.5, 0.6) is 11.5 Å².